The minimum absolute atomic E-state index is 0.00489. The minimum atomic E-state index is -0.650. The van der Waals surface area contributed by atoms with Crippen molar-refractivity contribution in [2.45, 2.75) is 58.1 Å². The highest BCUT2D eigenvalue weighted by molar-refractivity contribution is 5.84. The van der Waals surface area contributed by atoms with Crippen LogP contribution in [-0.4, -0.2) is 51.6 Å². The zero-order valence-corrected chi connectivity index (χ0v) is 14.9. The predicted octanol–water partition coefficient (Wildman–Crippen LogP) is 1.24. The Labute approximate surface area is 143 Å². The van der Waals surface area contributed by atoms with E-state index >= 15 is 0 Å². The number of hydrogen-bond donors (Lipinski definition) is 2. The summed E-state index contributed by atoms with van der Waals surface area (Å²) in [7, 11) is 0. The average Bonchev–Trinajstić information content (AvgIpc) is 2.53. The van der Waals surface area contributed by atoms with Crippen molar-refractivity contribution in [2.75, 3.05) is 19.6 Å². The van der Waals surface area contributed by atoms with E-state index in [1.165, 1.54) is 0 Å². The number of carbonyl (C=O) groups is 1. The predicted molar refractivity (Wildman–Crippen MR) is 91.3 cm³/mol. The zero-order chi connectivity index (χ0) is 17.4. The van der Waals surface area contributed by atoms with Crippen molar-refractivity contribution in [1.82, 2.24) is 20.2 Å². The number of likely N-dealkylation sites (tertiary alicyclic amines) is 1. The average molecular weight is 332 g/mol. The third kappa shape index (κ3) is 3.30. The topological polar surface area (TPSA) is 78.4 Å². The third-order valence-electron chi connectivity index (χ3n) is 5.18. The van der Waals surface area contributed by atoms with E-state index in [1.54, 1.807) is 0 Å². The Morgan fingerprint density at radius 3 is 2.71 bits per heavy atom. The lowest BCUT2D eigenvalue weighted by Gasteiger charge is -2.46. The van der Waals surface area contributed by atoms with Crippen molar-refractivity contribution in [3.05, 3.63) is 23.8 Å². The Balaban J connectivity index is 1.70. The summed E-state index contributed by atoms with van der Waals surface area (Å²) in [6.07, 6.45) is 5.54. The molecular formula is C18H28N4O2. The quantitative estimate of drug-likeness (QED) is 0.852. The van der Waals surface area contributed by atoms with Gasteiger partial charge in [0.1, 0.15) is 5.82 Å². The first kappa shape index (κ1) is 17.3. The van der Waals surface area contributed by atoms with Crippen LogP contribution in [0.4, 0.5) is 0 Å². The summed E-state index contributed by atoms with van der Waals surface area (Å²) in [5.41, 5.74) is 0.339. The molecule has 24 heavy (non-hydrogen) atoms. The second kappa shape index (κ2) is 6.41. The Bertz CT molecular complexity index is 596. The first-order valence-electron chi connectivity index (χ1n) is 8.81. The summed E-state index contributed by atoms with van der Waals surface area (Å²) in [5, 5.41) is 13.4. The van der Waals surface area contributed by atoms with Crippen LogP contribution in [0, 0.1) is 5.41 Å². The Hall–Kier alpha value is -1.53. The molecule has 1 aromatic heterocycles. The molecule has 1 amide bonds. The van der Waals surface area contributed by atoms with Crippen molar-refractivity contribution >= 4 is 5.91 Å². The smallest absolute Gasteiger partial charge is 0.230 e. The molecule has 0 bridgehead atoms. The van der Waals surface area contributed by atoms with E-state index in [-0.39, 0.29) is 11.3 Å². The number of nitrogens with one attached hydrogen (secondary N) is 1. The summed E-state index contributed by atoms with van der Waals surface area (Å²) >= 11 is 0. The molecule has 3 rings (SSSR count). The van der Waals surface area contributed by atoms with E-state index in [2.05, 4.69) is 41.0 Å². The van der Waals surface area contributed by atoms with Gasteiger partial charge in [-0.15, -0.1) is 0 Å². The molecule has 6 nitrogen and oxygen atoms in total. The third-order valence-corrected chi connectivity index (χ3v) is 5.18. The van der Waals surface area contributed by atoms with Crippen LogP contribution >= 0.6 is 0 Å². The number of hydrogen-bond acceptors (Lipinski definition) is 5. The molecule has 1 spiro atoms. The van der Waals surface area contributed by atoms with Crippen molar-refractivity contribution < 1.29 is 9.90 Å². The molecule has 1 aromatic rings. The summed E-state index contributed by atoms with van der Waals surface area (Å²) in [6, 6.07) is 0. The Morgan fingerprint density at radius 1 is 1.38 bits per heavy atom. The zero-order valence-electron chi connectivity index (χ0n) is 14.9. The molecule has 6 heteroatoms. The van der Waals surface area contributed by atoms with Gasteiger partial charge in [0.15, 0.2) is 0 Å². The SMILES string of the molecule is CC(C)(C)c1ncc(CN2CC[C@@H](O)[C@@]3(CCCNC3=O)C2)cn1. The highest BCUT2D eigenvalue weighted by Crippen LogP contribution is 2.37. The van der Waals surface area contributed by atoms with Crippen LogP contribution in [0.5, 0.6) is 0 Å². The van der Waals surface area contributed by atoms with Crippen molar-refractivity contribution in [1.29, 1.82) is 0 Å². The van der Waals surface area contributed by atoms with Crippen LogP contribution in [0.3, 0.4) is 0 Å². The lowest BCUT2D eigenvalue weighted by atomic mass is 9.71. The standard InChI is InChI=1S/C18H28N4O2/c1-17(2,3)15-20-9-13(10-21-15)11-22-8-5-14(23)18(12-22)6-4-7-19-16(18)24/h9-10,14,23H,4-8,11-12H2,1-3H3,(H,19,24)/t14-,18-/m1/s1. The molecule has 2 N–H and O–H groups in total. The number of nitrogens with zero attached hydrogens (tertiary/aromatic N) is 3. The molecule has 2 aliphatic heterocycles. The second-order valence-corrected chi connectivity index (χ2v) is 8.20. The summed E-state index contributed by atoms with van der Waals surface area (Å²) < 4.78 is 0. The summed E-state index contributed by atoms with van der Waals surface area (Å²) in [4.78, 5) is 23.6. The fourth-order valence-corrected chi connectivity index (χ4v) is 3.75. The van der Waals surface area contributed by atoms with Crippen LogP contribution in [0.1, 0.15) is 51.4 Å². The summed E-state index contributed by atoms with van der Waals surface area (Å²) in [6.45, 7) is 9.11. The van der Waals surface area contributed by atoms with Gasteiger partial charge in [-0.3, -0.25) is 9.69 Å². The second-order valence-electron chi connectivity index (χ2n) is 8.20. The van der Waals surface area contributed by atoms with Crippen molar-refractivity contribution in [2.24, 2.45) is 5.41 Å². The van der Waals surface area contributed by atoms with E-state index < -0.39 is 11.5 Å². The van der Waals surface area contributed by atoms with Gasteiger partial charge < -0.3 is 10.4 Å². The lowest BCUT2D eigenvalue weighted by Crippen LogP contribution is -2.61. The van der Waals surface area contributed by atoms with Crippen LogP contribution in [0.2, 0.25) is 0 Å². The maximum Gasteiger partial charge on any atom is 0.230 e. The molecular weight excluding hydrogens is 304 g/mol. The van der Waals surface area contributed by atoms with E-state index in [0.717, 1.165) is 37.3 Å². The molecule has 2 fully saturated rings. The van der Waals surface area contributed by atoms with Gasteiger partial charge in [0, 0.05) is 49.6 Å². The van der Waals surface area contributed by atoms with Gasteiger partial charge in [0.25, 0.3) is 0 Å². The van der Waals surface area contributed by atoms with E-state index in [1.807, 2.05) is 12.4 Å². The maximum absolute atomic E-state index is 12.4. The number of amides is 1. The molecule has 3 heterocycles. The summed E-state index contributed by atoms with van der Waals surface area (Å²) in [5.74, 6) is 0.841. The molecule has 2 saturated heterocycles. The molecule has 0 radical (unpaired) electrons. The van der Waals surface area contributed by atoms with Crippen LogP contribution < -0.4 is 5.32 Å². The monoisotopic (exact) mass is 332 g/mol. The fourth-order valence-electron chi connectivity index (χ4n) is 3.75. The van der Waals surface area contributed by atoms with E-state index in [4.69, 9.17) is 0 Å². The van der Waals surface area contributed by atoms with Gasteiger partial charge in [-0.05, 0) is 19.3 Å². The van der Waals surface area contributed by atoms with Gasteiger partial charge in [0.05, 0.1) is 11.5 Å². The molecule has 0 aliphatic carbocycles. The van der Waals surface area contributed by atoms with Gasteiger partial charge in [-0.2, -0.15) is 0 Å². The van der Waals surface area contributed by atoms with Crippen molar-refractivity contribution in [3.8, 4) is 0 Å². The van der Waals surface area contributed by atoms with Gasteiger partial charge >= 0.3 is 0 Å². The first-order valence-corrected chi connectivity index (χ1v) is 8.81. The highest BCUT2D eigenvalue weighted by Gasteiger charge is 2.49. The minimum Gasteiger partial charge on any atom is -0.392 e. The largest absolute Gasteiger partial charge is 0.392 e. The molecule has 2 atom stereocenters. The van der Waals surface area contributed by atoms with Crippen LogP contribution in [-0.2, 0) is 16.8 Å². The number of aromatic nitrogens is 2. The normalized spacial score (nSPS) is 28.8. The van der Waals surface area contributed by atoms with Gasteiger partial charge in [-0.1, -0.05) is 20.8 Å². The highest BCUT2D eigenvalue weighted by atomic mass is 16.3. The Morgan fingerprint density at radius 2 is 2.08 bits per heavy atom. The number of aliphatic hydroxyl groups is 1. The molecule has 2 aliphatic rings. The van der Waals surface area contributed by atoms with Gasteiger partial charge in [0.2, 0.25) is 5.91 Å². The van der Waals surface area contributed by atoms with Crippen molar-refractivity contribution in [3.63, 3.8) is 0 Å². The van der Waals surface area contributed by atoms with E-state index in [9.17, 15) is 9.90 Å². The van der Waals surface area contributed by atoms with Crippen LogP contribution in [0.15, 0.2) is 12.4 Å². The Kier molecular flexibility index (Phi) is 4.62. The molecule has 132 valence electrons. The first-order chi connectivity index (χ1) is 11.3. The fraction of sp³-hybridized carbons (Fsp3) is 0.722. The van der Waals surface area contributed by atoms with Gasteiger partial charge in [-0.25, -0.2) is 9.97 Å². The molecule has 0 aromatic carbocycles. The number of carbonyl (C=O) groups excluding carboxylic acids is 1. The molecule has 0 unspecified atom stereocenters. The maximum atomic E-state index is 12.4. The van der Waals surface area contributed by atoms with E-state index in [0.29, 0.717) is 19.5 Å². The lowest BCUT2D eigenvalue weighted by molar-refractivity contribution is -0.149. The number of piperidine rings is 2. The molecule has 0 saturated carbocycles. The number of aliphatic hydroxyl groups excluding tert-OH is 1. The van der Waals surface area contributed by atoms with Crippen LogP contribution in [0.25, 0.3) is 0 Å². The number of rotatable bonds is 2.